The third-order valence-electron chi connectivity index (χ3n) is 3.39. The number of benzene rings is 1. The molecule has 6 heteroatoms. The molecule has 0 radical (unpaired) electrons. The van der Waals surface area contributed by atoms with Crippen LogP contribution in [0.15, 0.2) is 29.2 Å². The topological polar surface area (TPSA) is 55.4 Å². The fraction of sp³-hybridized carbons (Fsp3) is 0.538. The van der Waals surface area contributed by atoms with Crippen LogP contribution in [0.1, 0.15) is 18.4 Å². The number of rotatable bonds is 4. The molecular formula is C13H18ClNO3S. The maximum Gasteiger partial charge on any atom is 0.241 e. The maximum atomic E-state index is 12.4. The van der Waals surface area contributed by atoms with E-state index in [0.717, 1.165) is 5.56 Å². The highest BCUT2D eigenvalue weighted by atomic mass is 35.5. The van der Waals surface area contributed by atoms with Gasteiger partial charge in [-0.05, 0) is 31.9 Å². The van der Waals surface area contributed by atoms with E-state index >= 15 is 0 Å². The zero-order valence-corrected chi connectivity index (χ0v) is 12.4. The number of sulfonamides is 1. The first-order valence-corrected chi connectivity index (χ1v) is 8.24. The van der Waals surface area contributed by atoms with Gasteiger partial charge in [0.15, 0.2) is 0 Å². The normalized spacial score (nSPS) is 19.3. The third-order valence-corrected chi connectivity index (χ3v) is 5.49. The second-order valence-electron chi connectivity index (χ2n) is 4.94. The molecule has 1 aliphatic rings. The summed E-state index contributed by atoms with van der Waals surface area (Å²) in [6.07, 6.45) is 1.20. The summed E-state index contributed by atoms with van der Waals surface area (Å²) in [4.78, 5) is 0.272. The zero-order chi connectivity index (χ0) is 13.9. The highest BCUT2D eigenvalue weighted by Crippen LogP contribution is 2.25. The molecule has 1 aromatic carbocycles. The van der Waals surface area contributed by atoms with Crippen molar-refractivity contribution in [3.8, 4) is 0 Å². The Morgan fingerprint density at radius 1 is 1.26 bits per heavy atom. The predicted octanol–water partition coefficient (Wildman–Crippen LogP) is 2.06. The number of hydrogen-bond donors (Lipinski definition) is 1. The standard InChI is InChI=1S/C13H18ClNO3S/c1-11-2-4-12(5-3-11)19(16,17)15-13(10-14)6-8-18-9-7-13/h2-5,15H,6-10H2,1H3. The van der Waals surface area contributed by atoms with Crippen molar-refractivity contribution in [1.29, 1.82) is 0 Å². The van der Waals surface area contributed by atoms with E-state index in [2.05, 4.69) is 4.72 Å². The summed E-state index contributed by atoms with van der Waals surface area (Å²) in [6, 6.07) is 6.79. The molecule has 1 aromatic rings. The molecule has 1 saturated heterocycles. The van der Waals surface area contributed by atoms with Crippen LogP contribution in [0.3, 0.4) is 0 Å². The first kappa shape index (κ1) is 14.8. The van der Waals surface area contributed by atoms with Crippen molar-refractivity contribution >= 4 is 21.6 Å². The van der Waals surface area contributed by atoms with Gasteiger partial charge in [0.2, 0.25) is 10.0 Å². The molecule has 0 bridgehead atoms. The van der Waals surface area contributed by atoms with Gasteiger partial charge in [0, 0.05) is 19.1 Å². The molecule has 2 rings (SSSR count). The number of hydrogen-bond acceptors (Lipinski definition) is 3. The minimum Gasteiger partial charge on any atom is -0.381 e. The molecule has 0 amide bonds. The Morgan fingerprint density at radius 3 is 2.37 bits per heavy atom. The molecule has 0 aromatic heterocycles. The van der Waals surface area contributed by atoms with Crippen LogP contribution in [0, 0.1) is 6.92 Å². The number of aryl methyl sites for hydroxylation is 1. The lowest BCUT2D eigenvalue weighted by Crippen LogP contribution is -2.53. The third kappa shape index (κ3) is 3.48. The fourth-order valence-electron chi connectivity index (χ4n) is 2.09. The van der Waals surface area contributed by atoms with Crippen molar-refractivity contribution in [2.75, 3.05) is 19.1 Å². The molecule has 19 heavy (non-hydrogen) atoms. The lowest BCUT2D eigenvalue weighted by molar-refractivity contribution is 0.0549. The first-order chi connectivity index (χ1) is 8.97. The van der Waals surface area contributed by atoms with Gasteiger partial charge in [0.25, 0.3) is 0 Å². The molecule has 4 nitrogen and oxygen atoms in total. The quantitative estimate of drug-likeness (QED) is 0.866. The van der Waals surface area contributed by atoms with Crippen LogP contribution in [-0.2, 0) is 14.8 Å². The van der Waals surface area contributed by atoms with Crippen molar-refractivity contribution < 1.29 is 13.2 Å². The van der Waals surface area contributed by atoms with Gasteiger partial charge >= 0.3 is 0 Å². The number of ether oxygens (including phenoxy) is 1. The van der Waals surface area contributed by atoms with Crippen LogP contribution in [-0.4, -0.2) is 33.1 Å². The minimum atomic E-state index is -3.54. The molecule has 1 fully saturated rings. The van der Waals surface area contributed by atoms with Gasteiger partial charge in [-0.3, -0.25) is 0 Å². The van der Waals surface area contributed by atoms with Crippen LogP contribution in [0.4, 0.5) is 0 Å². The SMILES string of the molecule is Cc1ccc(S(=O)(=O)NC2(CCl)CCOCC2)cc1. The van der Waals surface area contributed by atoms with Crippen molar-refractivity contribution in [2.24, 2.45) is 0 Å². The van der Waals surface area contributed by atoms with E-state index in [4.69, 9.17) is 16.3 Å². The van der Waals surface area contributed by atoms with Crippen LogP contribution < -0.4 is 4.72 Å². The number of halogens is 1. The smallest absolute Gasteiger partial charge is 0.241 e. The summed E-state index contributed by atoms with van der Waals surface area (Å²) in [5.41, 5.74) is 0.431. The summed E-state index contributed by atoms with van der Waals surface area (Å²) >= 11 is 5.97. The van der Waals surface area contributed by atoms with E-state index in [9.17, 15) is 8.42 Å². The van der Waals surface area contributed by atoms with Gasteiger partial charge in [0.1, 0.15) is 0 Å². The van der Waals surface area contributed by atoms with E-state index in [1.54, 1.807) is 24.3 Å². The minimum absolute atomic E-state index is 0.251. The van der Waals surface area contributed by atoms with E-state index < -0.39 is 15.6 Å². The predicted molar refractivity (Wildman–Crippen MR) is 75.0 cm³/mol. The summed E-state index contributed by atoms with van der Waals surface area (Å²) in [6.45, 7) is 2.98. The lowest BCUT2D eigenvalue weighted by atomic mass is 9.94. The fourth-order valence-corrected chi connectivity index (χ4v) is 3.96. The molecule has 0 atom stereocenters. The average Bonchev–Trinajstić information content (AvgIpc) is 2.40. The molecule has 1 N–H and O–H groups in total. The van der Waals surface area contributed by atoms with E-state index in [1.807, 2.05) is 6.92 Å². The Bertz CT molecular complexity index is 521. The molecule has 106 valence electrons. The van der Waals surface area contributed by atoms with E-state index in [-0.39, 0.29) is 10.8 Å². The zero-order valence-electron chi connectivity index (χ0n) is 10.9. The van der Waals surface area contributed by atoms with Crippen LogP contribution in [0.5, 0.6) is 0 Å². The first-order valence-electron chi connectivity index (χ1n) is 6.22. The van der Waals surface area contributed by atoms with Gasteiger partial charge in [-0.25, -0.2) is 13.1 Å². The molecule has 0 aliphatic carbocycles. The molecule has 0 spiro atoms. The Balaban J connectivity index is 2.22. The van der Waals surface area contributed by atoms with Crippen molar-refractivity contribution in [3.05, 3.63) is 29.8 Å². The lowest BCUT2D eigenvalue weighted by Gasteiger charge is -2.35. The van der Waals surface area contributed by atoms with Crippen LogP contribution in [0.2, 0.25) is 0 Å². The van der Waals surface area contributed by atoms with Gasteiger partial charge in [-0.15, -0.1) is 11.6 Å². The molecule has 0 unspecified atom stereocenters. The second-order valence-corrected chi connectivity index (χ2v) is 6.89. The van der Waals surface area contributed by atoms with Crippen molar-refractivity contribution in [3.63, 3.8) is 0 Å². The van der Waals surface area contributed by atoms with E-state index in [1.165, 1.54) is 0 Å². The molecule has 0 saturated carbocycles. The van der Waals surface area contributed by atoms with Gasteiger partial charge in [-0.2, -0.15) is 0 Å². The second kappa shape index (κ2) is 5.79. The summed E-state index contributed by atoms with van der Waals surface area (Å²) < 4.78 is 32.8. The maximum absolute atomic E-state index is 12.4. The number of nitrogens with one attached hydrogen (secondary N) is 1. The Kier molecular flexibility index (Phi) is 4.50. The molecule has 1 aliphatic heterocycles. The Morgan fingerprint density at radius 2 is 1.84 bits per heavy atom. The van der Waals surface area contributed by atoms with E-state index in [0.29, 0.717) is 26.1 Å². The average molecular weight is 304 g/mol. The summed E-state index contributed by atoms with van der Waals surface area (Å²) in [7, 11) is -3.54. The summed E-state index contributed by atoms with van der Waals surface area (Å²) in [5.74, 6) is 0.251. The molecule has 1 heterocycles. The highest BCUT2D eigenvalue weighted by molar-refractivity contribution is 7.89. The van der Waals surface area contributed by atoms with Gasteiger partial charge < -0.3 is 4.74 Å². The highest BCUT2D eigenvalue weighted by Gasteiger charge is 2.36. The van der Waals surface area contributed by atoms with Crippen molar-refractivity contribution in [2.45, 2.75) is 30.2 Å². The molecular weight excluding hydrogens is 286 g/mol. The van der Waals surface area contributed by atoms with Gasteiger partial charge in [0.05, 0.1) is 10.4 Å². The summed E-state index contributed by atoms with van der Waals surface area (Å²) in [5, 5.41) is 0. The van der Waals surface area contributed by atoms with Gasteiger partial charge in [-0.1, -0.05) is 17.7 Å². The number of alkyl halides is 1. The Labute approximate surface area is 119 Å². The van der Waals surface area contributed by atoms with Crippen LogP contribution >= 0.6 is 11.6 Å². The monoisotopic (exact) mass is 303 g/mol. The van der Waals surface area contributed by atoms with Crippen molar-refractivity contribution in [1.82, 2.24) is 4.72 Å². The van der Waals surface area contributed by atoms with Crippen LogP contribution in [0.25, 0.3) is 0 Å². The Hall–Kier alpha value is -0.620. The largest absolute Gasteiger partial charge is 0.381 e.